The molecule has 0 bridgehead atoms. The lowest BCUT2D eigenvalue weighted by Gasteiger charge is -2.18. The number of rotatable bonds is 30. The van der Waals surface area contributed by atoms with E-state index in [-0.39, 0.29) is 0 Å². The first-order valence-electron chi connectivity index (χ1n) is 17.2. The van der Waals surface area contributed by atoms with Crippen molar-refractivity contribution in [3.05, 3.63) is 0 Å². The molecule has 39 heavy (non-hydrogen) atoms. The highest BCUT2D eigenvalue weighted by Crippen LogP contribution is 2.30. The molecule has 0 radical (unpaired) electrons. The highest BCUT2D eigenvalue weighted by Gasteiger charge is 2.34. The SMILES string of the molecule is CCCCCCCCCCCCCCCCCCCCCCCCCCCCCCC(C#N)C(P)(C#N)C#N. The van der Waals surface area contributed by atoms with Crippen LogP contribution in [0.4, 0.5) is 0 Å². The predicted molar refractivity (Wildman–Crippen MR) is 172 cm³/mol. The first-order chi connectivity index (χ1) is 19.1. The largest absolute Gasteiger partial charge is 0.198 e. The standard InChI is InChI=1S/C35H64N3P/c1-2-3-4-5-6-7-8-9-10-11-12-13-14-15-16-17-18-19-20-21-22-23-24-25-26-27-28-29-30-34(31-36)35(39,32-37)33-38/h34H,2-30,39H2,1H3. The van der Waals surface area contributed by atoms with Crippen molar-refractivity contribution in [1.29, 1.82) is 15.8 Å². The summed E-state index contributed by atoms with van der Waals surface area (Å²) in [4.78, 5) is 0. The van der Waals surface area contributed by atoms with Crippen molar-refractivity contribution < 1.29 is 0 Å². The van der Waals surface area contributed by atoms with Crippen LogP contribution in [-0.2, 0) is 0 Å². The van der Waals surface area contributed by atoms with Crippen LogP contribution in [-0.4, -0.2) is 5.16 Å². The third kappa shape index (κ3) is 24.4. The summed E-state index contributed by atoms with van der Waals surface area (Å²) in [6.45, 7) is 2.30. The molecular formula is C35H64N3P. The predicted octanol–water partition coefficient (Wildman–Crippen LogP) is 12.1. The third-order valence-electron chi connectivity index (χ3n) is 8.42. The minimum atomic E-state index is -1.25. The van der Waals surface area contributed by atoms with Gasteiger partial charge in [-0.25, -0.2) is 0 Å². The number of unbranched alkanes of at least 4 members (excludes halogenated alkanes) is 27. The molecule has 0 fully saturated rings. The van der Waals surface area contributed by atoms with Gasteiger partial charge in [0.25, 0.3) is 0 Å². The van der Waals surface area contributed by atoms with Crippen LogP contribution in [0.25, 0.3) is 0 Å². The molecule has 0 spiro atoms. The molecule has 224 valence electrons. The number of hydrogen-bond acceptors (Lipinski definition) is 3. The summed E-state index contributed by atoms with van der Waals surface area (Å²) in [5, 5.41) is 26.3. The second kappa shape index (κ2) is 29.9. The zero-order chi connectivity index (χ0) is 28.7. The van der Waals surface area contributed by atoms with Crippen molar-refractivity contribution in [2.45, 2.75) is 198 Å². The Kier molecular flexibility index (Phi) is 29.0. The van der Waals surface area contributed by atoms with Crippen LogP contribution in [0, 0.1) is 39.9 Å². The van der Waals surface area contributed by atoms with Gasteiger partial charge in [0.15, 0.2) is 5.16 Å². The molecule has 3 nitrogen and oxygen atoms in total. The highest BCUT2D eigenvalue weighted by atomic mass is 31.0. The third-order valence-corrected chi connectivity index (χ3v) is 9.08. The maximum Gasteiger partial charge on any atom is 0.172 e. The summed E-state index contributed by atoms with van der Waals surface area (Å²) in [7, 11) is 2.27. The summed E-state index contributed by atoms with van der Waals surface area (Å²) in [5.41, 5.74) is 0. The van der Waals surface area contributed by atoms with Crippen molar-refractivity contribution in [3.63, 3.8) is 0 Å². The van der Waals surface area contributed by atoms with Gasteiger partial charge in [-0.1, -0.05) is 196 Å². The van der Waals surface area contributed by atoms with Crippen LogP contribution in [0.15, 0.2) is 0 Å². The van der Waals surface area contributed by atoms with E-state index in [9.17, 15) is 5.26 Å². The Morgan fingerprint density at radius 3 is 0.872 bits per heavy atom. The Balaban J connectivity index is 3.22. The highest BCUT2D eigenvalue weighted by molar-refractivity contribution is 7.20. The molecule has 0 aromatic carbocycles. The fraction of sp³-hybridized carbons (Fsp3) is 0.914. The molecule has 0 aliphatic heterocycles. The van der Waals surface area contributed by atoms with Gasteiger partial charge in [0, 0.05) is 0 Å². The van der Waals surface area contributed by atoms with Gasteiger partial charge in [0.05, 0.1) is 24.1 Å². The van der Waals surface area contributed by atoms with E-state index in [1.54, 1.807) is 0 Å². The van der Waals surface area contributed by atoms with Crippen molar-refractivity contribution in [3.8, 4) is 18.2 Å². The van der Waals surface area contributed by atoms with E-state index in [1.807, 2.05) is 12.1 Å². The normalized spacial score (nSPS) is 12.1. The zero-order valence-corrected chi connectivity index (χ0v) is 27.2. The van der Waals surface area contributed by atoms with Gasteiger partial charge in [0.1, 0.15) is 0 Å². The monoisotopic (exact) mass is 557 g/mol. The van der Waals surface area contributed by atoms with Gasteiger partial charge in [-0.2, -0.15) is 15.8 Å². The summed E-state index contributed by atoms with van der Waals surface area (Å²) in [6.07, 6.45) is 39.4. The molecule has 0 N–H and O–H groups in total. The van der Waals surface area contributed by atoms with E-state index in [0.29, 0.717) is 6.42 Å². The Hall–Kier alpha value is -1.10. The van der Waals surface area contributed by atoms with Gasteiger partial charge >= 0.3 is 0 Å². The quantitative estimate of drug-likeness (QED) is 0.0651. The zero-order valence-electron chi connectivity index (χ0n) is 26.0. The molecule has 0 aromatic heterocycles. The second-order valence-electron chi connectivity index (χ2n) is 12.1. The maximum absolute atomic E-state index is 9.26. The Morgan fingerprint density at radius 2 is 0.667 bits per heavy atom. The maximum atomic E-state index is 9.26. The van der Waals surface area contributed by atoms with Crippen molar-refractivity contribution in [1.82, 2.24) is 0 Å². The fourth-order valence-electron chi connectivity index (χ4n) is 5.59. The lowest BCUT2D eigenvalue weighted by atomic mass is 9.89. The average molecular weight is 558 g/mol. The van der Waals surface area contributed by atoms with Crippen LogP contribution < -0.4 is 0 Å². The molecule has 0 amide bonds. The summed E-state index contributed by atoms with van der Waals surface area (Å²) in [6, 6.07) is 6.11. The van der Waals surface area contributed by atoms with Gasteiger partial charge < -0.3 is 0 Å². The van der Waals surface area contributed by atoms with E-state index in [0.717, 1.165) is 12.8 Å². The molecule has 0 rings (SSSR count). The number of hydrogen-bond donors (Lipinski definition) is 0. The molecule has 2 unspecified atom stereocenters. The molecule has 0 aliphatic rings. The molecule has 0 saturated carbocycles. The first kappa shape index (κ1) is 37.9. The number of nitrogens with zero attached hydrogens (tertiary/aromatic N) is 3. The summed E-state index contributed by atoms with van der Waals surface area (Å²) >= 11 is 0. The summed E-state index contributed by atoms with van der Waals surface area (Å²) in [5.74, 6) is -0.512. The van der Waals surface area contributed by atoms with Crippen molar-refractivity contribution in [2.75, 3.05) is 0 Å². The van der Waals surface area contributed by atoms with E-state index in [2.05, 4.69) is 22.2 Å². The minimum absolute atomic E-state index is 0.512. The molecule has 4 heteroatoms. The summed E-state index contributed by atoms with van der Waals surface area (Å²) < 4.78 is 0. The molecule has 0 saturated heterocycles. The van der Waals surface area contributed by atoms with Crippen molar-refractivity contribution >= 4 is 9.24 Å². The fourth-order valence-corrected chi connectivity index (χ4v) is 5.83. The minimum Gasteiger partial charge on any atom is -0.198 e. The number of nitriles is 3. The van der Waals surface area contributed by atoms with Gasteiger partial charge in [-0.05, 0) is 6.42 Å². The average Bonchev–Trinajstić information content (AvgIpc) is 2.96. The molecule has 0 heterocycles. The molecule has 0 aromatic rings. The Bertz CT molecular complexity index is 628. The van der Waals surface area contributed by atoms with E-state index >= 15 is 0 Å². The first-order valence-corrected chi connectivity index (χ1v) is 17.7. The smallest absolute Gasteiger partial charge is 0.172 e. The molecule has 0 aliphatic carbocycles. The van der Waals surface area contributed by atoms with Crippen LogP contribution in [0.1, 0.15) is 193 Å². The molecule has 2 atom stereocenters. The Morgan fingerprint density at radius 1 is 0.436 bits per heavy atom. The van der Waals surface area contributed by atoms with E-state index in [4.69, 9.17) is 10.5 Å². The second-order valence-corrected chi connectivity index (χ2v) is 13.0. The van der Waals surface area contributed by atoms with Crippen molar-refractivity contribution in [2.24, 2.45) is 5.92 Å². The van der Waals surface area contributed by atoms with Crippen LogP contribution in [0.5, 0.6) is 0 Å². The van der Waals surface area contributed by atoms with Gasteiger partial charge in [-0.15, -0.1) is 0 Å². The van der Waals surface area contributed by atoms with Gasteiger partial charge in [-0.3, -0.25) is 0 Å². The van der Waals surface area contributed by atoms with Crippen LogP contribution in [0.2, 0.25) is 0 Å². The molecular weight excluding hydrogens is 493 g/mol. The van der Waals surface area contributed by atoms with Crippen LogP contribution >= 0.6 is 9.24 Å². The van der Waals surface area contributed by atoms with Gasteiger partial charge in [0.2, 0.25) is 0 Å². The van der Waals surface area contributed by atoms with E-state index in [1.165, 1.54) is 167 Å². The van der Waals surface area contributed by atoms with E-state index < -0.39 is 11.1 Å². The topological polar surface area (TPSA) is 71.4 Å². The lowest BCUT2D eigenvalue weighted by molar-refractivity contribution is 0.497. The Labute approximate surface area is 247 Å². The lowest BCUT2D eigenvalue weighted by Crippen LogP contribution is -2.26. The van der Waals surface area contributed by atoms with Crippen LogP contribution in [0.3, 0.4) is 0 Å².